The Morgan fingerprint density at radius 1 is 0.706 bits per heavy atom. The summed E-state index contributed by atoms with van der Waals surface area (Å²) in [7, 11) is 1.34. The molecule has 1 saturated carbocycles. The van der Waals surface area contributed by atoms with Crippen LogP contribution in [0.15, 0.2) is 0 Å². The minimum absolute atomic E-state index is 0. The second-order valence-electron chi connectivity index (χ2n) is 4.46. The Bertz CT molecular complexity index is 156. The van der Waals surface area contributed by atoms with Crippen LogP contribution < -0.4 is 0 Å². The second-order valence-corrected chi connectivity index (χ2v) is 5.32. The smallest absolute Gasteiger partial charge is 0 e. The van der Waals surface area contributed by atoms with Crippen LogP contribution >= 0.6 is 8.58 Å². The van der Waals surface area contributed by atoms with Gasteiger partial charge in [0.2, 0.25) is 0 Å². The normalized spacial score (nSPS) is 27.2. The third-order valence-corrected chi connectivity index (χ3v) is 4.39. The van der Waals surface area contributed by atoms with E-state index in [1.807, 2.05) is 0 Å². The van der Waals surface area contributed by atoms with E-state index in [0.29, 0.717) is 0 Å². The third-order valence-electron chi connectivity index (χ3n) is 3.51. The van der Waals surface area contributed by atoms with E-state index in [9.17, 15) is 0 Å². The van der Waals surface area contributed by atoms with Crippen LogP contribution in [0.25, 0.3) is 0 Å². The van der Waals surface area contributed by atoms with Crippen molar-refractivity contribution in [2.75, 3.05) is 0 Å². The van der Waals surface area contributed by atoms with E-state index in [0.717, 1.165) is 0 Å². The summed E-state index contributed by atoms with van der Waals surface area (Å²) in [5.41, 5.74) is 0. The molecule has 2 rings (SSSR count). The number of hydrogen-bond acceptors (Lipinski definition) is 0. The molecule has 0 aromatic heterocycles. The number of hydrogen-bond donors (Lipinski definition) is 0. The molecule has 0 amide bonds. The molecule has 1 heterocycles. The zero-order valence-electron chi connectivity index (χ0n) is 11.5. The molecule has 1 aliphatic carbocycles. The molecule has 0 unspecified atom stereocenters. The molecule has 10 radical (unpaired) electrons. The van der Waals surface area contributed by atoms with Crippen LogP contribution in [-0.2, 0) is 17.1 Å². The van der Waals surface area contributed by atoms with Crippen LogP contribution in [0.5, 0.6) is 0 Å². The maximum atomic E-state index is 2.20. The summed E-state index contributed by atoms with van der Waals surface area (Å²) in [5, 5.41) is 0. The molecule has 94 valence electrons. The molecule has 0 N–H and O–H groups in total. The SMILES string of the molecule is C[C]1[CH][CH][P][CH]1.C[C]1[C](C)[C](C)[C](C)[C]1C.[Fe]. The summed E-state index contributed by atoms with van der Waals surface area (Å²) in [4.78, 5) is 0. The van der Waals surface area contributed by atoms with Crippen molar-refractivity contribution in [2.45, 2.75) is 41.5 Å². The summed E-state index contributed by atoms with van der Waals surface area (Å²) in [6, 6.07) is 0. The Labute approximate surface area is 121 Å². The van der Waals surface area contributed by atoms with Gasteiger partial charge in [-0.3, -0.25) is 0 Å². The van der Waals surface area contributed by atoms with Crippen LogP contribution in [0.2, 0.25) is 0 Å². The van der Waals surface area contributed by atoms with Gasteiger partial charge in [-0.1, -0.05) is 50.1 Å². The third kappa shape index (κ3) is 4.85. The molecule has 0 nitrogen and oxygen atoms in total. The monoisotopic (exact) mass is 288 g/mol. The van der Waals surface area contributed by atoms with Gasteiger partial charge in [-0.15, -0.1) is 0 Å². The van der Waals surface area contributed by atoms with Gasteiger partial charge < -0.3 is 0 Å². The number of rotatable bonds is 0. The topological polar surface area (TPSA) is 0 Å². The average molecular weight is 288 g/mol. The largest absolute Gasteiger partial charge is 0.0718 e. The summed E-state index contributed by atoms with van der Waals surface area (Å²) in [6.07, 6.45) is 6.44. The summed E-state index contributed by atoms with van der Waals surface area (Å²) < 4.78 is 0. The Hall–Kier alpha value is 0.949. The Balaban J connectivity index is 0.000000316. The molecular weight excluding hydrogens is 267 g/mol. The Morgan fingerprint density at radius 3 is 1.18 bits per heavy atom. The molecule has 2 fully saturated rings. The molecule has 2 heteroatoms. The maximum absolute atomic E-state index is 2.20. The molecule has 2 aliphatic rings. The van der Waals surface area contributed by atoms with Crippen LogP contribution in [-0.4, -0.2) is 0 Å². The van der Waals surface area contributed by atoms with Gasteiger partial charge in [-0.2, -0.15) is 0 Å². The van der Waals surface area contributed by atoms with E-state index in [4.69, 9.17) is 0 Å². The van der Waals surface area contributed by atoms with Crippen molar-refractivity contribution in [1.29, 1.82) is 0 Å². The van der Waals surface area contributed by atoms with Gasteiger partial charge >= 0.3 is 0 Å². The van der Waals surface area contributed by atoms with Gasteiger partial charge in [-0.25, -0.2) is 0 Å². The molecule has 17 heavy (non-hydrogen) atoms. The van der Waals surface area contributed by atoms with E-state index >= 15 is 0 Å². The zero-order chi connectivity index (χ0) is 12.3. The first-order valence-corrected chi connectivity index (χ1v) is 6.71. The summed E-state index contributed by atoms with van der Waals surface area (Å²) in [5.74, 6) is 8.72. The predicted molar refractivity (Wildman–Crippen MR) is 73.3 cm³/mol. The molecule has 0 atom stereocenters. The van der Waals surface area contributed by atoms with Crippen LogP contribution in [0.3, 0.4) is 0 Å². The predicted octanol–water partition coefficient (Wildman–Crippen LogP) is 5.04. The molecule has 0 spiro atoms. The van der Waals surface area contributed by atoms with Gasteiger partial charge in [0.15, 0.2) is 0 Å². The van der Waals surface area contributed by atoms with Gasteiger partial charge in [0.1, 0.15) is 0 Å². The summed E-state index contributed by atoms with van der Waals surface area (Å²) >= 11 is 0. The van der Waals surface area contributed by atoms with E-state index in [1.165, 1.54) is 44.1 Å². The van der Waals surface area contributed by atoms with Crippen molar-refractivity contribution in [1.82, 2.24) is 0 Å². The van der Waals surface area contributed by atoms with Gasteiger partial charge in [0.05, 0.1) is 0 Å². The zero-order valence-corrected chi connectivity index (χ0v) is 13.5. The van der Waals surface area contributed by atoms with Crippen molar-refractivity contribution in [3.8, 4) is 0 Å². The molecule has 0 bridgehead atoms. The average Bonchev–Trinajstić information content (AvgIpc) is 2.80. The first-order chi connectivity index (χ1) is 7.45. The molecule has 0 aromatic rings. The molecule has 1 aliphatic heterocycles. The fourth-order valence-corrected chi connectivity index (χ4v) is 2.50. The van der Waals surface area contributed by atoms with E-state index in [1.54, 1.807) is 0 Å². The minimum atomic E-state index is 0. The van der Waals surface area contributed by atoms with Crippen LogP contribution in [0, 0.1) is 54.3 Å². The molecule has 0 aromatic carbocycles. The van der Waals surface area contributed by atoms with Crippen molar-refractivity contribution in [3.63, 3.8) is 0 Å². The minimum Gasteiger partial charge on any atom is -0.0718 e. The maximum Gasteiger partial charge on any atom is 0 e. The van der Waals surface area contributed by atoms with E-state index in [-0.39, 0.29) is 17.1 Å². The Morgan fingerprint density at radius 2 is 1.06 bits per heavy atom. The molecular formula is C15H21FeP. The first kappa shape index (κ1) is 17.9. The van der Waals surface area contributed by atoms with E-state index in [2.05, 4.69) is 60.3 Å². The van der Waals surface area contributed by atoms with Crippen molar-refractivity contribution in [2.24, 2.45) is 0 Å². The quantitative estimate of drug-likeness (QED) is 0.433. The van der Waals surface area contributed by atoms with Crippen molar-refractivity contribution < 1.29 is 17.1 Å². The van der Waals surface area contributed by atoms with Gasteiger partial charge in [0, 0.05) is 17.1 Å². The summed E-state index contributed by atoms with van der Waals surface area (Å²) in [6.45, 7) is 13.1. The van der Waals surface area contributed by atoms with Crippen LogP contribution in [0.4, 0.5) is 0 Å². The van der Waals surface area contributed by atoms with Gasteiger partial charge in [0.25, 0.3) is 0 Å². The standard InChI is InChI=1S/C10H15.C5H6P.Fe/c1-6-7(2)9(4)10(5)8(6)3;1-5-2-3-6-4-5;/h1-5H3;2-4H,1H3;. The van der Waals surface area contributed by atoms with Crippen LogP contribution in [0.1, 0.15) is 41.5 Å². The van der Waals surface area contributed by atoms with Crippen molar-refractivity contribution >= 4 is 8.58 Å². The van der Waals surface area contributed by atoms with E-state index < -0.39 is 0 Å². The second kappa shape index (κ2) is 8.19. The van der Waals surface area contributed by atoms with Gasteiger partial charge in [-0.05, 0) is 54.3 Å². The first-order valence-electron chi connectivity index (χ1n) is 5.68. The Kier molecular flexibility index (Phi) is 8.64. The van der Waals surface area contributed by atoms with Crippen molar-refractivity contribution in [3.05, 3.63) is 54.3 Å². The fourth-order valence-electron chi connectivity index (χ4n) is 1.77. The fraction of sp³-hybridized carbons (Fsp3) is 0.400. The molecule has 1 saturated heterocycles.